The highest BCUT2D eigenvalue weighted by molar-refractivity contribution is 5.89. The number of benzene rings is 1. The van der Waals surface area contributed by atoms with Gasteiger partial charge in [0.2, 0.25) is 5.91 Å². The quantitative estimate of drug-likeness (QED) is 0.833. The molecule has 0 saturated carbocycles. The second-order valence-corrected chi connectivity index (χ2v) is 4.04. The van der Waals surface area contributed by atoms with Crippen molar-refractivity contribution in [3.63, 3.8) is 0 Å². The number of carbonyl (C=O) groups excluding carboxylic acids is 1. The fourth-order valence-electron chi connectivity index (χ4n) is 1.97. The van der Waals surface area contributed by atoms with E-state index in [1.807, 2.05) is 6.07 Å². The topological polar surface area (TPSA) is 32.3 Å². The van der Waals surface area contributed by atoms with E-state index in [4.69, 9.17) is 0 Å². The summed E-state index contributed by atoms with van der Waals surface area (Å²) in [6.07, 6.45) is 2.32. The van der Waals surface area contributed by atoms with Crippen LogP contribution in [0, 0.1) is 5.82 Å². The first-order valence-electron chi connectivity index (χ1n) is 5.49. The highest BCUT2D eigenvalue weighted by atomic mass is 19.1. The number of hydrogen-bond acceptors (Lipinski definition) is 2. The molecule has 4 heteroatoms. The number of carbonyl (C=O) groups is 1. The number of halogens is 1. The Morgan fingerprint density at radius 1 is 1.38 bits per heavy atom. The lowest BCUT2D eigenvalue weighted by Crippen LogP contribution is -2.18. The molecular formula is C12H15FN2O. The van der Waals surface area contributed by atoms with Crippen molar-refractivity contribution in [2.45, 2.75) is 19.8 Å². The van der Waals surface area contributed by atoms with E-state index in [0.717, 1.165) is 31.6 Å². The van der Waals surface area contributed by atoms with Crippen LogP contribution in [-0.4, -0.2) is 19.0 Å². The van der Waals surface area contributed by atoms with Gasteiger partial charge in [0.1, 0.15) is 5.82 Å². The third-order valence-corrected chi connectivity index (χ3v) is 2.73. The van der Waals surface area contributed by atoms with E-state index >= 15 is 0 Å². The third kappa shape index (κ3) is 2.32. The first kappa shape index (κ1) is 10.9. The number of amides is 1. The molecule has 0 aliphatic carbocycles. The van der Waals surface area contributed by atoms with Crippen LogP contribution >= 0.6 is 0 Å². The molecule has 0 spiro atoms. The molecular weight excluding hydrogens is 207 g/mol. The number of anilines is 2. The summed E-state index contributed by atoms with van der Waals surface area (Å²) in [6.45, 7) is 3.34. The molecule has 1 aliphatic rings. The van der Waals surface area contributed by atoms with Crippen LogP contribution in [0.4, 0.5) is 15.8 Å². The lowest BCUT2D eigenvalue weighted by atomic mass is 10.2. The Morgan fingerprint density at radius 2 is 2.06 bits per heavy atom. The highest BCUT2D eigenvalue weighted by Gasteiger charge is 2.14. The maximum absolute atomic E-state index is 13.6. The van der Waals surface area contributed by atoms with E-state index in [9.17, 15) is 9.18 Å². The Kier molecular flexibility index (Phi) is 3.08. The van der Waals surface area contributed by atoms with Gasteiger partial charge in [0.05, 0.1) is 5.69 Å². The molecule has 1 saturated heterocycles. The summed E-state index contributed by atoms with van der Waals surface area (Å²) in [4.78, 5) is 13.0. The average molecular weight is 222 g/mol. The van der Waals surface area contributed by atoms with Gasteiger partial charge in [-0.25, -0.2) is 4.39 Å². The Balaban J connectivity index is 2.18. The molecule has 0 unspecified atom stereocenters. The van der Waals surface area contributed by atoms with Crippen molar-refractivity contribution in [3.05, 3.63) is 24.0 Å². The van der Waals surface area contributed by atoms with Crippen LogP contribution in [0.1, 0.15) is 19.8 Å². The van der Waals surface area contributed by atoms with Gasteiger partial charge in [0, 0.05) is 25.7 Å². The van der Waals surface area contributed by atoms with Crippen molar-refractivity contribution in [3.8, 4) is 0 Å². The van der Waals surface area contributed by atoms with Crippen LogP contribution in [0.25, 0.3) is 0 Å². The minimum atomic E-state index is -0.375. The van der Waals surface area contributed by atoms with E-state index in [1.54, 1.807) is 6.07 Å². The van der Waals surface area contributed by atoms with Crippen molar-refractivity contribution in [1.82, 2.24) is 0 Å². The number of nitrogens with zero attached hydrogens (tertiary/aromatic N) is 1. The SMILES string of the molecule is CC(=O)Nc1ccc(N2CCCC2)cc1F. The summed E-state index contributed by atoms with van der Waals surface area (Å²) in [5.41, 5.74) is 1.14. The second-order valence-electron chi connectivity index (χ2n) is 4.04. The van der Waals surface area contributed by atoms with Crippen LogP contribution in [0.3, 0.4) is 0 Å². The predicted octanol–water partition coefficient (Wildman–Crippen LogP) is 2.38. The zero-order valence-electron chi connectivity index (χ0n) is 9.29. The van der Waals surface area contributed by atoms with E-state index in [-0.39, 0.29) is 17.4 Å². The molecule has 0 radical (unpaired) electrons. The first-order chi connectivity index (χ1) is 7.66. The van der Waals surface area contributed by atoms with E-state index in [1.165, 1.54) is 13.0 Å². The van der Waals surface area contributed by atoms with Gasteiger partial charge < -0.3 is 10.2 Å². The molecule has 2 rings (SSSR count). The lowest BCUT2D eigenvalue weighted by Gasteiger charge is -2.18. The van der Waals surface area contributed by atoms with Crippen molar-refractivity contribution >= 4 is 17.3 Å². The first-order valence-corrected chi connectivity index (χ1v) is 5.49. The van der Waals surface area contributed by atoms with Crippen molar-refractivity contribution < 1.29 is 9.18 Å². The summed E-state index contributed by atoms with van der Waals surface area (Å²) in [5.74, 6) is -0.632. The molecule has 0 aromatic heterocycles. The molecule has 1 aromatic rings. The van der Waals surface area contributed by atoms with Gasteiger partial charge in [-0.15, -0.1) is 0 Å². The fourth-order valence-corrected chi connectivity index (χ4v) is 1.97. The van der Waals surface area contributed by atoms with Crippen molar-refractivity contribution in [2.24, 2.45) is 0 Å². The molecule has 0 atom stereocenters. The molecule has 0 bridgehead atoms. The fraction of sp³-hybridized carbons (Fsp3) is 0.417. The zero-order valence-corrected chi connectivity index (χ0v) is 9.29. The molecule has 16 heavy (non-hydrogen) atoms. The summed E-state index contributed by atoms with van der Waals surface area (Å²) < 4.78 is 13.6. The number of rotatable bonds is 2. The standard InChI is InChI=1S/C12H15FN2O/c1-9(16)14-12-5-4-10(8-11(12)13)15-6-2-3-7-15/h4-5,8H,2-3,6-7H2,1H3,(H,14,16). The van der Waals surface area contributed by atoms with Crippen LogP contribution < -0.4 is 10.2 Å². The smallest absolute Gasteiger partial charge is 0.221 e. The van der Waals surface area contributed by atoms with Crippen LogP contribution in [0.2, 0.25) is 0 Å². The summed E-state index contributed by atoms with van der Waals surface area (Å²) >= 11 is 0. The summed E-state index contributed by atoms with van der Waals surface area (Å²) in [7, 11) is 0. The number of hydrogen-bond donors (Lipinski definition) is 1. The van der Waals surface area contributed by atoms with E-state index < -0.39 is 0 Å². The van der Waals surface area contributed by atoms with Gasteiger partial charge in [-0.2, -0.15) is 0 Å². The molecule has 1 N–H and O–H groups in total. The average Bonchev–Trinajstić information content (AvgIpc) is 2.73. The molecule has 1 aliphatic heterocycles. The Labute approximate surface area is 94.3 Å². The van der Waals surface area contributed by atoms with Crippen LogP contribution in [0.5, 0.6) is 0 Å². The van der Waals surface area contributed by atoms with Crippen molar-refractivity contribution in [1.29, 1.82) is 0 Å². The zero-order chi connectivity index (χ0) is 11.5. The van der Waals surface area contributed by atoms with E-state index in [0.29, 0.717) is 0 Å². The molecule has 86 valence electrons. The Bertz CT molecular complexity index is 400. The minimum absolute atomic E-state index is 0.246. The second kappa shape index (κ2) is 4.51. The van der Waals surface area contributed by atoms with Gasteiger partial charge in [0.15, 0.2) is 0 Å². The predicted molar refractivity (Wildman–Crippen MR) is 62.2 cm³/mol. The van der Waals surface area contributed by atoms with Gasteiger partial charge in [-0.3, -0.25) is 4.79 Å². The maximum Gasteiger partial charge on any atom is 0.221 e. The molecule has 1 aromatic carbocycles. The summed E-state index contributed by atoms with van der Waals surface area (Å²) in [6, 6.07) is 4.95. The molecule has 3 nitrogen and oxygen atoms in total. The summed E-state index contributed by atoms with van der Waals surface area (Å²) in [5, 5.41) is 2.46. The molecule has 1 fully saturated rings. The third-order valence-electron chi connectivity index (χ3n) is 2.73. The number of nitrogens with one attached hydrogen (secondary N) is 1. The minimum Gasteiger partial charge on any atom is -0.371 e. The molecule has 1 amide bonds. The van der Waals surface area contributed by atoms with Gasteiger partial charge in [0.25, 0.3) is 0 Å². The van der Waals surface area contributed by atoms with Crippen LogP contribution in [0.15, 0.2) is 18.2 Å². The molecule has 1 heterocycles. The van der Waals surface area contributed by atoms with Crippen molar-refractivity contribution in [2.75, 3.05) is 23.3 Å². The van der Waals surface area contributed by atoms with Gasteiger partial charge in [-0.1, -0.05) is 0 Å². The van der Waals surface area contributed by atoms with Gasteiger partial charge >= 0.3 is 0 Å². The Hall–Kier alpha value is -1.58. The van der Waals surface area contributed by atoms with E-state index in [2.05, 4.69) is 10.2 Å². The largest absolute Gasteiger partial charge is 0.371 e. The lowest BCUT2D eigenvalue weighted by molar-refractivity contribution is -0.114. The maximum atomic E-state index is 13.6. The van der Waals surface area contributed by atoms with Crippen LogP contribution in [-0.2, 0) is 4.79 Å². The Morgan fingerprint density at radius 3 is 2.62 bits per heavy atom. The normalized spacial score (nSPS) is 15.2. The van der Waals surface area contributed by atoms with Gasteiger partial charge in [-0.05, 0) is 31.0 Å². The monoisotopic (exact) mass is 222 g/mol. The highest BCUT2D eigenvalue weighted by Crippen LogP contribution is 2.24.